The van der Waals surface area contributed by atoms with Gasteiger partial charge < -0.3 is 18.9 Å². The molecular formula is C46H34O6. The Balaban J connectivity index is 1.24. The standard InChI is InChI=1S/C46H34O6/c1-49-45(47)39-25-29(23-33-13-5-7-15-35(33)39)27-51-41-21-19-31-11-3-9-17-37(31)43(41)44-38-18-10-4-12-32(38)20-22-42(44)52-28-30-24-34-14-6-8-16-36(34)40(26-30)46(48)50-2/h3-26H,27-28H2,1-2H3. The molecule has 254 valence electrons. The van der Waals surface area contributed by atoms with Gasteiger partial charge in [-0.1, -0.05) is 109 Å². The fourth-order valence-corrected chi connectivity index (χ4v) is 7.05. The van der Waals surface area contributed by atoms with Crippen LogP contribution in [-0.4, -0.2) is 26.2 Å². The van der Waals surface area contributed by atoms with Crippen molar-refractivity contribution in [1.29, 1.82) is 0 Å². The Bertz CT molecular complexity index is 2470. The molecule has 0 atom stereocenters. The summed E-state index contributed by atoms with van der Waals surface area (Å²) >= 11 is 0. The van der Waals surface area contributed by atoms with Crippen LogP contribution in [0.5, 0.6) is 11.5 Å². The zero-order chi connectivity index (χ0) is 35.6. The Morgan fingerprint density at radius 3 is 1.19 bits per heavy atom. The van der Waals surface area contributed by atoms with Crippen LogP contribution in [0.1, 0.15) is 31.8 Å². The molecule has 6 nitrogen and oxygen atoms in total. The summed E-state index contributed by atoms with van der Waals surface area (Å²) in [5.74, 6) is 0.553. The predicted octanol–water partition coefficient (Wildman–Crippen LogP) is 10.7. The summed E-state index contributed by atoms with van der Waals surface area (Å²) in [5.41, 5.74) is 4.45. The molecule has 0 aromatic heterocycles. The lowest BCUT2D eigenvalue weighted by atomic mass is 9.92. The van der Waals surface area contributed by atoms with Crippen LogP contribution < -0.4 is 9.47 Å². The second-order valence-electron chi connectivity index (χ2n) is 12.6. The Morgan fingerprint density at radius 2 is 0.788 bits per heavy atom. The van der Waals surface area contributed by atoms with E-state index >= 15 is 0 Å². The van der Waals surface area contributed by atoms with Crippen molar-refractivity contribution in [2.75, 3.05) is 14.2 Å². The van der Waals surface area contributed by atoms with Crippen LogP contribution in [0.3, 0.4) is 0 Å². The molecular weight excluding hydrogens is 648 g/mol. The van der Waals surface area contributed by atoms with Crippen molar-refractivity contribution in [1.82, 2.24) is 0 Å². The molecule has 0 heterocycles. The number of rotatable bonds is 9. The molecule has 0 N–H and O–H groups in total. The smallest absolute Gasteiger partial charge is 0.338 e. The van der Waals surface area contributed by atoms with Gasteiger partial charge in [0.25, 0.3) is 0 Å². The summed E-state index contributed by atoms with van der Waals surface area (Å²) in [7, 11) is 2.78. The Kier molecular flexibility index (Phi) is 8.71. The molecule has 0 saturated carbocycles. The van der Waals surface area contributed by atoms with Gasteiger partial charge in [0, 0.05) is 11.1 Å². The first-order valence-corrected chi connectivity index (χ1v) is 17.0. The van der Waals surface area contributed by atoms with Crippen molar-refractivity contribution in [3.8, 4) is 22.6 Å². The molecule has 0 aliphatic heterocycles. The highest BCUT2D eigenvalue weighted by molar-refractivity contribution is 6.10. The van der Waals surface area contributed by atoms with E-state index in [1.165, 1.54) is 14.2 Å². The first kappa shape index (κ1) is 32.5. The fraction of sp³-hybridized carbons (Fsp3) is 0.0870. The molecule has 0 unspecified atom stereocenters. The molecule has 8 rings (SSSR count). The third kappa shape index (κ3) is 6.05. The summed E-state index contributed by atoms with van der Waals surface area (Å²) in [6, 6.07) is 47.9. The van der Waals surface area contributed by atoms with Crippen LogP contribution in [0.2, 0.25) is 0 Å². The highest BCUT2D eigenvalue weighted by Crippen LogP contribution is 2.46. The van der Waals surface area contributed by atoms with Gasteiger partial charge in [-0.2, -0.15) is 0 Å². The maximum absolute atomic E-state index is 12.8. The summed E-state index contributed by atoms with van der Waals surface area (Å²) in [4.78, 5) is 25.6. The first-order chi connectivity index (χ1) is 25.5. The number of benzene rings is 8. The van der Waals surface area contributed by atoms with E-state index in [0.29, 0.717) is 22.6 Å². The number of hydrogen-bond donors (Lipinski definition) is 0. The lowest BCUT2D eigenvalue weighted by Crippen LogP contribution is -2.06. The van der Waals surface area contributed by atoms with E-state index in [2.05, 4.69) is 36.4 Å². The van der Waals surface area contributed by atoms with Crippen LogP contribution in [0.15, 0.2) is 146 Å². The van der Waals surface area contributed by atoms with Crippen molar-refractivity contribution in [3.63, 3.8) is 0 Å². The second kappa shape index (κ2) is 13.9. The van der Waals surface area contributed by atoms with Crippen LogP contribution in [0, 0.1) is 0 Å². The Hall–Kier alpha value is -6.66. The highest BCUT2D eigenvalue weighted by atomic mass is 16.5. The average molecular weight is 683 g/mol. The monoisotopic (exact) mass is 682 g/mol. The van der Waals surface area contributed by atoms with E-state index in [1.807, 2.05) is 109 Å². The van der Waals surface area contributed by atoms with Gasteiger partial charge in [-0.3, -0.25) is 0 Å². The quantitative estimate of drug-likeness (QED) is 0.141. The van der Waals surface area contributed by atoms with E-state index in [-0.39, 0.29) is 13.2 Å². The minimum atomic E-state index is -0.396. The first-order valence-electron chi connectivity index (χ1n) is 17.0. The van der Waals surface area contributed by atoms with Gasteiger partial charge in [0.15, 0.2) is 0 Å². The lowest BCUT2D eigenvalue weighted by Gasteiger charge is -2.20. The fourth-order valence-electron chi connectivity index (χ4n) is 7.05. The third-order valence-electron chi connectivity index (χ3n) is 9.47. The van der Waals surface area contributed by atoms with Gasteiger partial charge >= 0.3 is 11.9 Å². The number of carbonyl (C=O) groups excluding carboxylic acids is 2. The van der Waals surface area contributed by atoms with Gasteiger partial charge in [-0.15, -0.1) is 0 Å². The van der Waals surface area contributed by atoms with Gasteiger partial charge in [-0.25, -0.2) is 9.59 Å². The summed E-state index contributed by atoms with van der Waals surface area (Å²) in [5, 5.41) is 7.63. The Labute approximate surface area is 300 Å². The average Bonchev–Trinajstić information content (AvgIpc) is 3.20. The summed E-state index contributed by atoms with van der Waals surface area (Å²) < 4.78 is 23.7. The Morgan fingerprint density at radius 1 is 0.423 bits per heavy atom. The van der Waals surface area contributed by atoms with Crippen molar-refractivity contribution >= 4 is 55.0 Å². The molecule has 8 aromatic carbocycles. The highest BCUT2D eigenvalue weighted by Gasteiger charge is 2.21. The normalized spacial score (nSPS) is 11.2. The van der Waals surface area contributed by atoms with E-state index < -0.39 is 11.9 Å². The van der Waals surface area contributed by atoms with Gasteiger partial charge in [0.2, 0.25) is 0 Å². The molecule has 0 aliphatic rings. The molecule has 52 heavy (non-hydrogen) atoms. The SMILES string of the molecule is COC(=O)c1cc(COc2ccc3ccccc3c2-c2c(OCc3cc(C(=O)OC)c4ccccc4c3)ccc3ccccc23)cc2ccccc12. The zero-order valence-electron chi connectivity index (χ0n) is 28.7. The van der Waals surface area contributed by atoms with E-state index in [1.54, 1.807) is 0 Å². The van der Waals surface area contributed by atoms with Crippen molar-refractivity contribution in [2.45, 2.75) is 13.2 Å². The van der Waals surface area contributed by atoms with Gasteiger partial charge in [0.1, 0.15) is 24.7 Å². The van der Waals surface area contributed by atoms with E-state index in [9.17, 15) is 9.59 Å². The van der Waals surface area contributed by atoms with E-state index in [0.717, 1.165) is 65.3 Å². The van der Waals surface area contributed by atoms with E-state index in [4.69, 9.17) is 18.9 Å². The molecule has 6 heteroatoms. The van der Waals surface area contributed by atoms with Crippen LogP contribution >= 0.6 is 0 Å². The summed E-state index contributed by atoms with van der Waals surface area (Å²) in [6.45, 7) is 0.434. The maximum Gasteiger partial charge on any atom is 0.338 e. The topological polar surface area (TPSA) is 71.1 Å². The number of ether oxygens (including phenoxy) is 4. The van der Waals surface area contributed by atoms with Gasteiger partial charge in [-0.05, 0) is 90.6 Å². The molecule has 0 saturated heterocycles. The van der Waals surface area contributed by atoms with Crippen molar-refractivity contribution < 1.29 is 28.5 Å². The van der Waals surface area contributed by atoms with Crippen molar-refractivity contribution in [2.24, 2.45) is 0 Å². The number of fused-ring (bicyclic) bond motifs is 4. The molecule has 0 amide bonds. The zero-order valence-corrected chi connectivity index (χ0v) is 28.7. The minimum Gasteiger partial charge on any atom is -0.488 e. The maximum atomic E-state index is 12.8. The van der Waals surface area contributed by atoms with Crippen LogP contribution in [0.25, 0.3) is 54.2 Å². The molecule has 0 aliphatic carbocycles. The van der Waals surface area contributed by atoms with Crippen molar-refractivity contribution in [3.05, 3.63) is 168 Å². The second-order valence-corrected chi connectivity index (χ2v) is 12.6. The molecule has 8 aromatic rings. The molecule has 0 bridgehead atoms. The molecule has 0 fully saturated rings. The van der Waals surface area contributed by atoms with Gasteiger partial charge in [0.05, 0.1) is 25.3 Å². The number of esters is 2. The molecule has 0 radical (unpaired) electrons. The third-order valence-corrected chi connectivity index (χ3v) is 9.47. The largest absolute Gasteiger partial charge is 0.488 e. The number of methoxy groups -OCH3 is 2. The summed E-state index contributed by atoms with van der Waals surface area (Å²) in [6.07, 6.45) is 0. The number of carbonyl (C=O) groups is 2. The predicted molar refractivity (Wildman–Crippen MR) is 206 cm³/mol. The lowest BCUT2D eigenvalue weighted by molar-refractivity contribution is 0.0594. The molecule has 0 spiro atoms. The number of hydrogen-bond acceptors (Lipinski definition) is 6. The minimum absolute atomic E-state index is 0.217. The van der Waals surface area contributed by atoms with Crippen LogP contribution in [-0.2, 0) is 22.7 Å². The van der Waals surface area contributed by atoms with Crippen LogP contribution in [0.4, 0.5) is 0 Å².